The summed E-state index contributed by atoms with van der Waals surface area (Å²) in [5.74, 6) is 0. The molecule has 0 rings (SSSR count). The molecule has 0 amide bonds. The van der Waals surface area contributed by atoms with Crippen molar-refractivity contribution in [1.82, 2.24) is 0 Å². The number of hydrogen-bond donors (Lipinski definition) is 4. The van der Waals surface area contributed by atoms with E-state index in [4.69, 9.17) is 19.2 Å². The third-order valence-electron chi connectivity index (χ3n) is 0. The van der Waals surface area contributed by atoms with Crippen LogP contribution in [-0.4, -0.2) is 28.2 Å². The zero-order valence-corrected chi connectivity index (χ0v) is 6.41. The van der Waals surface area contributed by atoms with Crippen LogP contribution in [0.2, 0.25) is 0 Å². The summed E-state index contributed by atoms with van der Waals surface area (Å²) >= 11 is 0. The molecule has 7 heavy (non-hydrogen) atoms. The number of rotatable bonds is 0. The molecule has 0 spiro atoms. The van der Waals surface area contributed by atoms with Gasteiger partial charge in [0.15, 0.2) is 0 Å². The van der Waals surface area contributed by atoms with Gasteiger partial charge in [-0.05, 0) is 0 Å². The van der Waals surface area contributed by atoms with Crippen molar-refractivity contribution >= 4 is 9.05 Å². The molecule has 0 aliphatic heterocycles. The summed E-state index contributed by atoms with van der Waals surface area (Å²) in [4.78, 5) is 29.3. The summed E-state index contributed by atoms with van der Waals surface area (Å²) in [6, 6.07) is 0. The molecule has 0 saturated carbocycles. The topological polar surface area (TPSA) is 80.9 Å². The Kier molecular flexibility index (Phi) is 11.7. The smallest absolute Gasteiger partial charge is 0.368 e. The van der Waals surface area contributed by atoms with Gasteiger partial charge >= 0.3 is 9.05 Å². The van der Waals surface area contributed by atoms with E-state index in [1.165, 1.54) is 0 Å². The Morgan fingerprint density at radius 2 is 0.714 bits per heavy atom. The first-order valence-corrected chi connectivity index (χ1v) is 2.68. The van der Waals surface area contributed by atoms with Crippen LogP contribution in [0.5, 0.6) is 0 Å². The summed E-state index contributed by atoms with van der Waals surface area (Å²) in [6.45, 7) is 0. The molecule has 0 bridgehead atoms. The van der Waals surface area contributed by atoms with Crippen LogP contribution < -0.4 is 0 Å². The van der Waals surface area contributed by atoms with Gasteiger partial charge < -0.3 is 19.2 Å². The Morgan fingerprint density at radius 3 is 0.714 bits per heavy atom. The second-order valence-corrected chi connectivity index (χ2v) is 1.80. The number of hydrogen-bond acceptors (Lipinski definition) is 4. The molecule has 2 radical (unpaired) electrons. The molecule has 0 aromatic rings. The standard InChI is InChI=1S/2Mn.H4O4Si/c;;1-5(2,3)4/h;;1-4H. The molecule has 0 aliphatic carbocycles. The molecule has 0 fully saturated rings. The van der Waals surface area contributed by atoms with Crippen molar-refractivity contribution in [3.8, 4) is 0 Å². The predicted molar refractivity (Wildman–Crippen MR) is 14.6 cm³/mol. The molecule has 0 aliphatic rings. The summed E-state index contributed by atoms with van der Waals surface area (Å²) in [7, 11) is -4.61. The van der Waals surface area contributed by atoms with E-state index in [2.05, 4.69) is 0 Å². The Hall–Kier alpha value is 1.10. The minimum absolute atomic E-state index is 0. The van der Waals surface area contributed by atoms with Gasteiger partial charge in [0.25, 0.3) is 0 Å². The molecular weight excluding hydrogens is 202 g/mol. The molecular formula is H4Mn2O4Si. The minimum atomic E-state index is -4.61. The minimum Gasteiger partial charge on any atom is -0.368 e. The first-order valence-electron chi connectivity index (χ1n) is 0.894. The van der Waals surface area contributed by atoms with E-state index in [0.717, 1.165) is 0 Å². The van der Waals surface area contributed by atoms with Crippen molar-refractivity contribution in [3.05, 3.63) is 0 Å². The fraction of sp³-hybridized carbons (Fsp3) is 0. The normalized spacial score (nSPS) is 8.57. The van der Waals surface area contributed by atoms with Gasteiger partial charge in [0.1, 0.15) is 0 Å². The van der Waals surface area contributed by atoms with Gasteiger partial charge in [-0.1, -0.05) is 0 Å². The summed E-state index contributed by atoms with van der Waals surface area (Å²) in [5.41, 5.74) is 0. The van der Waals surface area contributed by atoms with Crippen LogP contribution in [0.15, 0.2) is 0 Å². The SMILES string of the molecule is O[Si](O)(O)O.[Mn].[Mn]. The third-order valence-corrected chi connectivity index (χ3v) is 0. The van der Waals surface area contributed by atoms with Crippen LogP contribution >= 0.6 is 0 Å². The Bertz CT molecular complexity index is 25.2. The van der Waals surface area contributed by atoms with Gasteiger partial charge in [-0.2, -0.15) is 0 Å². The van der Waals surface area contributed by atoms with Crippen molar-refractivity contribution in [1.29, 1.82) is 0 Å². The maximum Gasteiger partial charge on any atom is 0.668 e. The quantitative estimate of drug-likeness (QED) is 0.327. The molecule has 0 aromatic heterocycles. The Morgan fingerprint density at radius 1 is 0.714 bits per heavy atom. The second-order valence-electron chi connectivity index (χ2n) is 0.600. The van der Waals surface area contributed by atoms with E-state index >= 15 is 0 Å². The summed E-state index contributed by atoms with van der Waals surface area (Å²) in [5, 5.41) is 0. The van der Waals surface area contributed by atoms with E-state index in [9.17, 15) is 0 Å². The average Bonchev–Trinajstić information content (AvgIpc) is 0.722. The first kappa shape index (κ1) is 15.7. The summed E-state index contributed by atoms with van der Waals surface area (Å²) < 4.78 is 0. The Labute approximate surface area is 62.6 Å². The second kappa shape index (κ2) is 5.24. The molecule has 7 heteroatoms. The zero-order valence-electron chi connectivity index (χ0n) is 3.04. The van der Waals surface area contributed by atoms with Crippen molar-refractivity contribution in [2.45, 2.75) is 0 Å². The molecule has 46 valence electrons. The third kappa shape index (κ3) is 153. The molecule has 0 atom stereocenters. The first-order chi connectivity index (χ1) is 2.00. The van der Waals surface area contributed by atoms with Crippen molar-refractivity contribution in [2.75, 3.05) is 0 Å². The molecule has 0 saturated heterocycles. The molecule has 0 aromatic carbocycles. The summed E-state index contributed by atoms with van der Waals surface area (Å²) in [6.07, 6.45) is 0. The van der Waals surface area contributed by atoms with Crippen molar-refractivity contribution < 1.29 is 53.3 Å². The Balaban J connectivity index is -0.0000000800. The maximum absolute atomic E-state index is 7.33. The van der Waals surface area contributed by atoms with Crippen molar-refractivity contribution in [2.24, 2.45) is 0 Å². The van der Waals surface area contributed by atoms with Gasteiger partial charge in [-0.3, -0.25) is 0 Å². The van der Waals surface area contributed by atoms with Crippen LogP contribution in [0.1, 0.15) is 0 Å². The molecule has 4 N–H and O–H groups in total. The van der Waals surface area contributed by atoms with E-state index < -0.39 is 9.05 Å². The van der Waals surface area contributed by atoms with Gasteiger partial charge in [-0.25, -0.2) is 0 Å². The van der Waals surface area contributed by atoms with Gasteiger partial charge in [0.05, 0.1) is 0 Å². The van der Waals surface area contributed by atoms with Crippen LogP contribution in [0.4, 0.5) is 0 Å². The van der Waals surface area contributed by atoms with Crippen LogP contribution in [0, 0.1) is 0 Å². The van der Waals surface area contributed by atoms with Crippen LogP contribution in [0.3, 0.4) is 0 Å². The fourth-order valence-corrected chi connectivity index (χ4v) is 0. The molecule has 0 heterocycles. The largest absolute Gasteiger partial charge is 0.668 e. The molecule has 0 unspecified atom stereocenters. The van der Waals surface area contributed by atoms with Gasteiger partial charge in [-0.15, -0.1) is 0 Å². The zero-order chi connectivity index (χ0) is 4.50. The van der Waals surface area contributed by atoms with E-state index in [1.54, 1.807) is 0 Å². The monoisotopic (exact) mass is 206 g/mol. The van der Waals surface area contributed by atoms with Gasteiger partial charge in [0, 0.05) is 34.1 Å². The fourth-order valence-electron chi connectivity index (χ4n) is 0. The van der Waals surface area contributed by atoms with Gasteiger partial charge in [0.2, 0.25) is 0 Å². The van der Waals surface area contributed by atoms with E-state index in [1.807, 2.05) is 0 Å². The van der Waals surface area contributed by atoms with E-state index in [0.29, 0.717) is 0 Å². The average molecular weight is 206 g/mol. The molecule has 4 nitrogen and oxygen atoms in total. The van der Waals surface area contributed by atoms with Crippen molar-refractivity contribution in [3.63, 3.8) is 0 Å². The predicted octanol–water partition coefficient (Wildman–Crippen LogP) is -2.61. The van der Waals surface area contributed by atoms with E-state index in [-0.39, 0.29) is 34.1 Å². The van der Waals surface area contributed by atoms with Crippen LogP contribution in [-0.2, 0) is 34.1 Å². The van der Waals surface area contributed by atoms with Crippen LogP contribution in [0.25, 0.3) is 0 Å². The maximum atomic E-state index is 7.33.